The number of methoxy groups -OCH3 is 1. The minimum absolute atomic E-state index is 0.431. The minimum atomic E-state index is -0.995. The first-order valence-corrected chi connectivity index (χ1v) is 4.59. The first-order chi connectivity index (χ1) is 6.46. The molecule has 4 N–H and O–H groups in total. The van der Waals surface area contributed by atoms with Gasteiger partial charge in [0.25, 0.3) is 0 Å². The zero-order valence-corrected chi connectivity index (χ0v) is 8.87. The van der Waals surface area contributed by atoms with Crippen LogP contribution >= 0.6 is 0 Å². The lowest BCUT2D eigenvalue weighted by atomic mass is 9.75. The van der Waals surface area contributed by atoms with E-state index in [-0.39, 0.29) is 0 Å². The smallest absolute Gasteiger partial charge is 0.313 e. The van der Waals surface area contributed by atoms with Crippen LogP contribution in [-0.4, -0.2) is 25.0 Å². The topological polar surface area (TPSA) is 95.4 Å². The fourth-order valence-electron chi connectivity index (χ4n) is 1.58. The standard InChI is InChI=1S/C9H18N2O3/c1-4-9(5-2,8(13)14-3)6(10)7(11)12/h6H,4-5,10H2,1-3H3,(H2,11,12)/t6-/m1/s1. The Morgan fingerprint density at radius 3 is 2.00 bits per heavy atom. The summed E-state index contributed by atoms with van der Waals surface area (Å²) in [5.41, 5.74) is 9.73. The van der Waals surface area contributed by atoms with Gasteiger partial charge in [0.15, 0.2) is 0 Å². The Morgan fingerprint density at radius 1 is 1.36 bits per heavy atom. The average molecular weight is 202 g/mol. The fourth-order valence-corrected chi connectivity index (χ4v) is 1.58. The quantitative estimate of drug-likeness (QED) is 0.602. The second-order valence-corrected chi connectivity index (χ2v) is 3.23. The van der Waals surface area contributed by atoms with Crippen LogP contribution in [0.5, 0.6) is 0 Å². The van der Waals surface area contributed by atoms with Gasteiger partial charge in [-0.25, -0.2) is 0 Å². The van der Waals surface area contributed by atoms with E-state index in [1.807, 2.05) is 0 Å². The lowest BCUT2D eigenvalue weighted by molar-refractivity contribution is -0.157. The Hall–Kier alpha value is -1.10. The molecule has 0 radical (unpaired) electrons. The molecule has 0 fully saturated rings. The third-order valence-corrected chi connectivity index (χ3v) is 2.76. The predicted octanol–water partition coefficient (Wildman–Crippen LogP) is -0.222. The molecule has 0 saturated carbocycles. The molecule has 0 bridgehead atoms. The van der Waals surface area contributed by atoms with Gasteiger partial charge in [-0.2, -0.15) is 0 Å². The van der Waals surface area contributed by atoms with E-state index >= 15 is 0 Å². The molecule has 0 aromatic rings. The minimum Gasteiger partial charge on any atom is -0.469 e. The molecule has 0 aromatic carbocycles. The lowest BCUT2D eigenvalue weighted by Gasteiger charge is -2.32. The van der Waals surface area contributed by atoms with Crippen molar-refractivity contribution < 1.29 is 14.3 Å². The molecule has 0 aromatic heterocycles. The molecular weight excluding hydrogens is 184 g/mol. The number of esters is 1. The molecule has 1 amide bonds. The summed E-state index contributed by atoms with van der Waals surface area (Å²) in [5, 5.41) is 0. The summed E-state index contributed by atoms with van der Waals surface area (Å²) >= 11 is 0. The zero-order valence-electron chi connectivity index (χ0n) is 8.87. The fraction of sp³-hybridized carbons (Fsp3) is 0.778. The van der Waals surface area contributed by atoms with Crippen molar-refractivity contribution in [3.63, 3.8) is 0 Å². The van der Waals surface area contributed by atoms with E-state index in [0.717, 1.165) is 0 Å². The highest BCUT2D eigenvalue weighted by Gasteiger charge is 2.44. The van der Waals surface area contributed by atoms with Gasteiger partial charge in [0.2, 0.25) is 5.91 Å². The number of hydrogen-bond acceptors (Lipinski definition) is 4. The number of carbonyl (C=O) groups is 2. The van der Waals surface area contributed by atoms with E-state index < -0.39 is 23.3 Å². The Kier molecular flexibility index (Phi) is 4.56. The number of primary amides is 1. The van der Waals surface area contributed by atoms with Crippen molar-refractivity contribution in [1.29, 1.82) is 0 Å². The molecule has 5 heteroatoms. The Morgan fingerprint density at radius 2 is 1.79 bits per heavy atom. The van der Waals surface area contributed by atoms with E-state index in [0.29, 0.717) is 12.8 Å². The monoisotopic (exact) mass is 202 g/mol. The number of rotatable bonds is 5. The molecule has 0 heterocycles. The van der Waals surface area contributed by atoms with Gasteiger partial charge in [-0.05, 0) is 12.8 Å². The Bertz CT molecular complexity index is 224. The normalized spacial score (nSPS) is 13.4. The van der Waals surface area contributed by atoms with Crippen LogP contribution in [0.3, 0.4) is 0 Å². The molecule has 0 aliphatic rings. The molecule has 0 aliphatic heterocycles. The van der Waals surface area contributed by atoms with Crippen LogP contribution in [0.1, 0.15) is 26.7 Å². The molecule has 1 atom stereocenters. The van der Waals surface area contributed by atoms with Gasteiger partial charge in [0.1, 0.15) is 6.04 Å². The van der Waals surface area contributed by atoms with Gasteiger partial charge in [0, 0.05) is 0 Å². The van der Waals surface area contributed by atoms with Crippen molar-refractivity contribution in [1.82, 2.24) is 0 Å². The van der Waals surface area contributed by atoms with Crippen molar-refractivity contribution in [3.8, 4) is 0 Å². The van der Waals surface area contributed by atoms with Gasteiger partial charge in [-0.3, -0.25) is 9.59 Å². The molecule has 0 aliphatic carbocycles. The molecule has 0 spiro atoms. The van der Waals surface area contributed by atoms with E-state index in [1.54, 1.807) is 13.8 Å². The van der Waals surface area contributed by atoms with Gasteiger partial charge in [-0.1, -0.05) is 13.8 Å². The molecule has 0 saturated heterocycles. The number of carbonyl (C=O) groups excluding carboxylic acids is 2. The van der Waals surface area contributed by atoms with Gasteiger partial charge in [-0.15, -0.1) is 0 Å². The van der Waals surface area contributed by atoms with Crippen LogP contribution in [0.15, 0.2) is 0 Å². The van der Waals surface area contributed by atoms with Crippen molar-refractivity contribution >= 4 is 11.9 Å². The summed E-state index contributed by atoms with van der Waals surface area (Å²) in [6.45, 7) is 3.56. The molecule has 14 heavy (non-hydrogen) atoms. The second kappa shape index (κ2) is 4.95. The Balaban J connectivity index is 5.05. The summed E-state index contributed by atoms with van der Waals surface area (Å²) in [4.78, 5) is 22.5. The van der Waals surface area contributed by atoms with Crippen molar-refractivity contribution in [2.75, 3.05) is 7.11 Å². The van der Waals surface area contributed by atoms with E-state index in [4.69, 9.17) is 11.5 Å². The largest absolute Gasteiger partial charge is 0.469 e. The summed E-state index contributed by atoms with van der Waals surface area (Å²) < 4.78 is 4.64. The van der Waals surface area contributed by atoms with Crippen LogP contribution < -0.4 is 11.5 Å². The summed E-state index contributed by atoms with van der Waals surface area (Å²) in [6, 6.07) is -0.995. The van der Waals surface area contributed by atoms with Gasteiger partial charge < -0.3 is 16.2 Å². The highest BCUT2D eigenvalue weighted by atomic mass is 16.5. The SMILES string of the molecule is CCC(CC)(C(=O)OC)[C@H](N)C(N)=O. The second-order valence-electron chi connectivity index (χ2n) is 3.23. The third kappa shape index (κ3) is 2.04. The summed E-state index contributed by atoms with van der Waals surface area (Å²) in [7, 11) is 1.27. The zero-order chi connectivity index (χ0) is 11.4. The molecule has 5 nitrogen and oxygen atoms in total. The van der Waals surface area contributed by atoms with E-state index in [2.05, 4.69) is 4.74 Å². The predicted molar refractivity (Wildman–Crippen MR) is 52.2 cm³/mol. The molecular formula is C9H18N2O3. The van der Waals surface area contributed by atoms with Crippen molar-refractivity contribution in [3.05, 3.63) is 0 Å². The first kappa shape index (κ1) is 12.9. The van der Waals surface area contributed by atoms with Crippen LogP contribution in [0, 0.1) is 5.41 Å². The molecule has 0 unspecified atom stereocenters. The average Bonchev–Trinajstić information content (AvgIpc) is 2.19. The first-order valence-electron chi connectivity index (χ1n) is 4.59. The number of ether oxygens (including phenoxy) is 1. The molecule has 82 valence electrons. The van der Waals surface area contributed by atoms with E-state index in [9.17, 15) is 9.59 Å². The summed E-state index contributed by atoms with van der Waals surface area (Å²) in [5.74, 6) is -1.16. The van der Waals surface area contributed by atoms with Crippen LogP contribution in [0.2, 0.25) is 0 Å². The maximum absolute atomic E-state index is 11.5. The maximum Gasteiger partial charge on any atom is 0.313 e. The Labute approximate surface area is 83.8 Å². The third-order valence-electron chi connectivity index (χ3n) is 2.76. The summed E-state index contributed by atoms with van der Waals surface area (Å²) in [6.07, 6.45) is 0.862. The van der Waals surface area contributed by atoms with Crippen LogP contribution in [-0.2, 0) is 14.3 Å². The van der Waals surface area contributed by atoms with Gasteiger partial charge >= 0.3 is 5.97 Å². The number of amides is 1. The highest BCUT2D eigenvalue weighted by molar-refractivity contribution is 5.89. The molecule has 0 rings (SSSR count). The van der Waals surface area contributed by atoms with Crippen molar-refractivity contribution in [2.24, 2.45) is 16.9 Å². The van der Waals surface area contributed by atoms with Crippen molar-refractivity contribution in [2.45, 2.75) is 32.7 Å². The number of hydrogen-bond donors (Lipinski definition) is 2. The number of nitrogens with two attached hydrogens (primary N) is 2. The van der Waals surface area contributed by atoms with Crippen LogP contribution in [0.4, 0.5) is 0 Å². The van der Waals surface area contributed by atoms with Crippen LogP contribution in [0.25, 0.3) is 0 Å². The van der Waals surface area contributed by atoms with Gasteiger partial charge in [0.05, 0.1) is 12.5 Å². The maximum atomic E-state index is 11.5. The van der Waals surface area contributed by atoms with E-state index in [1.165, 1.54) is 7.11 Å². The lowest BCUT2D eigenvalue weighted by Crippen LogP contribution is -2.54. The highest BCUT2D eigenvalue weighted by Crippen LogP contribution is 2.31.